The van der Waals surface area contributed by atoms with Gasteiger partial charge < -0.3 is 15.3 Å². The number of carbonyl (C=O) groups is 3. The van der Waals surface area contributed by atoms with Crippen LogP contribution in [0, 0.1) is 11.8 Å². The Labute approximate surface area is 106 Å². The van der Waals surface area contributed by atoms with E-state index >= 15 is 0 Å². The Bertz CT molecular complexity index is 331. The molecule has 6 heteroatoms. The lowest BCUT2D eigenvalue weighted by Crippen LogP contribution is -2.47. The summed E-state index contributed by atoms with van der Waals surface area (Å²) in [6, 6.07) is 0. The van der Waals surface area contributed by atoms with Crippen molar-refractivity contribution in [2.24, 2.45) is 11.8 Å². The Morgan fingerprint density at radius 2 is 2.17 bits per heavy atom. The van der Waals surface area contributed by atoms with Crippen molar-refractivity contribution >= 4 is 17.8 Å². The zero-order valence-electron chi connectivity index (χ0n) is 10.8. The second kappa shape index (κ2) is 6.37. The van der Waals surface area contributed by atoms with Crippen molar-refractivity contribution in [2.45, 2.75) is 26.7 Å². The van der Waals surface area contributed by atoms with Crippen LogP contribution in [0.3, 0.4) is 0 Å². The van der Waals surface area contributed by atoms with Crippen molar-refractivity contribution in [3.05, 3.63) is 0 Å². The fraction of sp³-hybridized carbons (Fsp3) is 0.750. The summed E-state index contributed by atoms with van der Waals surface area (Å²) in [7, 11) is 0. The molecule has 0 aliphatic carbocycles. The molecule has 1 heterocycles. The van der Waals surface area contributed by atoms with Crippen molar-refractivity contribution in [3.63, 3.8) is 0 Å². The number of nitrogens with one attached hydrogen (secondary N) is 1. The summed E-state index contributed by atoms with van der Waals surface area (Å²) in [6.45, 7) is 4.33. The van der Waals surface area contributed by atoms with Gasteiger partial charge in [0.05, 0.1) is 5.92 Å². The number of aliphatic carboxylic acids is 1. The maximum Gasteiger partial charge on any atom is 0.323 e. The van der Waals surface area contributed by atoms with E-state index in [1.807, 2.05) is 13.8 Å². The Hall–Kier alpha value is -1.59. The van der Waals surface area contributed by atoms with Gasteiger partial charge >= 0.3 is 5.97 Å². The van der Waals surface area contributed by atoms with Crippen molar-refractivity contribution in [3.8, 4) is 0 Å². The number of amides is 2. The summed E-state index contributed by atoms with van der Waals surface area (Å²) >= 11 is 0. The normalized spacial score (nSPS) is 19.5. The molecule has 0 spiro atoms. The molecule has 1 fully saturated rings. The van der Waals surface area contributed by atoms with E-state index in [0.29, 0.717) is 25.9 Å². The summed E-state index contributed by atoms with van der Waals surface area (Å²) in [6.07, 6.45) is 0.831. The van der Waals surface area contributed by atoms with Crippen LogP contribution in [-0.4, -0.2) is 47.4 Å². The first-order chi connectivity index (χ1) is 8.40. The molecule has 102 valence electrons. The third kappa shape index (κ3) is 4.35. The van der Waals surface area contributed by atoms with Crippen molar-refractivity contribution in [1.29, 1.82) is 0 Å². The third-order valence-electron chi connectivity index (χ3n) is 2.84. The lowest BCUT2D eigenvalue weighted by molar-refractivity contribution is -0.147. The van der Waals surface area contributed by atoms with Gasteiger partial charge in [-0.2, -0.15) is 0 Å². The summed E-state index contributed by atoms with van der Waals surface area (Å²) < 4.78 is 0. The summed E-state index contributed by atoms with van der Waals surface area (Å²) in [5.74, 6) is -1.31. The lowest BCUT2D eigenvalue weighted by atomic mass is 9.97. The molecule has 0 aromatic carbocycles. The first-order valence-electron chi connectivity index (χ1n) is 6.17. The van der Waals surface area contributed by atoms with E-state index in [-0.39, 0.29) is 30.2 Å². The first kappa shape index (κ1) is 14.5. The molecule has 1 saturated heterocycles. The zero-order chi connectivity index (χ0) is 13.7. The number of hydrogen-bond acceptors (Lipinski definition) is 3. The first-order valence-corrected chi connectivity index (χ1v) is 6.17. The van der Waals surface area contributed by atoms with Gasteiger partial charge in [0, 0.05) is 19.5 Å². The van der Waals surface area contributed by atoms with Crippen LogP contribution in [0.5, 0.6) is 0 Å². The van der Waals surface area contributed by atoms with E-state index in [4.69, 9.17) is 5.11 Å². The van der Waals surface area contributed by atoms with E-state index in [9.17, 15) is 14.4 Å². The van der Waals surface area contributed by atoms with Crippen LogP contribution < -0.4 is 5.32 Å². The zero-order valence-corrected chi connectivity index (χ0v) is 10.8. The molecule has 6 nitrogen and oxygen atoms in total. The van der Waals surface area contributed by atoms with Crippen LogP contribution in [0.2, 0.25) is 0 Å². The monoisotopic (exact) mass is 256 g/mol. The van der Waals surface area contributed by atoms with E-state index in [2.05, 4.69) is 5.32 Å². The summed E-state index contributed by atoms with van der Waals surface area (Å²) in [4.78, 5) is 35.4. The van der Waals surface area contributed by atoms with Crippen molar-refractivity contribution in [2.75, 3.05) is 19.6 Å². The molecule has 18 heavy (non-hydrogen) atoms. The van der Waals surface area contributed by atoms with E-state index in [0.717, 1.165) is 0 Å². The molecule has 2 N–H and O–H groups in total. The highest BCUT2D eigenvalue weighted by Crippen LogP contribution is 2.15. The largest absolute Gasteiger partial charge is 0.480 e. The minimum atomic E-state index is -1.01. The molecule has 0 aromatic heterocycles. The Balaban J connectivity index is 2.62. The standard InChI is InChI=1S/C12H20N2O4/c1-8(2)6-14(7-11(16)17)12(18)9-3-4-10(15)13-5-9/h8-9H,3-7H2,1-2H3,(H,13,15)(H,16,17). The molecule has 1 unspecified atom stereocenters. The number of hydrogen-bond donors (Lipinski definition) is 2. The van der Waals surface area contributed by atoms with Gasteiger partial charge in [0.2, 0.25) is 11.8 Å². The molecule has 1 rings (SSSR count). The Morgan fingerprint density at radius 3 is 2.61 bits per heavy atom. The fourth-order valence-electron chi connectivity index (χ4n) is 2.04. The smallest absolute Gasteiger partial charge is 0.323 e. The summed E-state index contributed by atoms with van der Waals surface area (Å²) in [5, 5.41) is 11.5. The van der Waals surface area contributed by atoms with Gasteiger partial charge in [-0.3, -0.25) is 14.4 Å². The molecule has 1 atom stereocenters. The van der Waals surface area contributed by atoms with Gasteiger partial charge in [-0.05, 0) is 12.3 Å². The number of piperidine rings is 1. The molecule has 0 radical (unpaired) electrons. The van der Waals surface area contributed by atoms with Gasteiger partial charge in [-0.1, -0.05) is 13.8 Å². The van der Waals surface area contributed by atoms with Crippen LogP contribution in [-0.2, 0) is 14.4 Å². The fourth-order valence-corrected chi connectivity index (χ4v) is 2.04. The molecule has 0 saturated carbocycles. The lowest BCUT2D eigenvalue weighted by Gasteiger charge is -2.29. The van der Waals surface area contributed by atoms with Crippen LogP contribution in [0.25, 0.3) is 0 Å². The third-order valence-corrected chi connectivity index (χ3v) is 2.84. The number of carbonyl (C=O) groups excluding carboxylic acids is 2. The van der Waals surface area contributed by atoms with Crippen LogP contribution in [0.4, 0.5) is 0 Å². The topological polar surface area (TPSA) is 86.7 Å². The SMILES string of the molecule is CC(C)CN(CC(=O)O)C(=O)C1CCC(=O)NC1. The maximum atomic E-state index is 12.2. The van der Waals surface area contributed by atoms with Crippen LogP contribution in [0.15, 0.2) is 0 Å². The van der Waals surface area contributed by atoms with Crippen LogP contribution in [0.1, 0.15) is 26.7 Å². The Morgan fingerprint density at radius 1 is 1.50 bits per heavy atom. The molecular formula is C12H20N2O4. The highest BCUT2D eigenvalue weighted by Gasteiger charge is 2.29. The number of carboxylic acid groups (broad SMARTS) is 1. The second-order valence-electron chi connectivity index (χ2n) is 5.05. The highest BCUT2D eigenvalue weighted by atomic mass is 16.4. The molecular weight excluding hydrogens is 236 g/mol. The minimum absolute atomic E-state index is 0.0484. The molecule has 2 amide bonds. The highest BCUT2D eigenvalue weighted by molar-refractivity contribution is 5.86. The summed E-state index contributed by atoms with van der Waals surface area (Å²) in [5.41, 5.74) is 0. The van der Waals surface area contributed by atoms with Gasteiger partial charge in [0.1, 0.15) is 6.54 Å². The van der Waals surface area contributed by atoms with Crippen molar-refractivity contribution < 1.29 is 19.5 Å². The van der Waals surface area contributed by atoms with E-state index in [1.54, 1.807) is 0 Å². The Kier molecular flexibility index (Phi) is 5.12. The van der Waals surface area contributed by atoms with Gasteiger partial charge in [0.15, 0.2) is 0 Å². The van der Waals surface area contributed by atoms with E-state index in [1.165, 1.54) is 4.90 Å². The molecule has 0 bridgehead atoms. The molecule has 1 aliphatic heterocycles. The predicted octanol–water partition coefficient (Wildman–Crippen LogP) is 0.0818. The number of nitrogens with zero attached hydrogens (tertiary/aromatic N) is 1. The average Bonchev–Trinajstić information content (AvgIpc) is 2.27. The van der Waals surface area contributed by atoms with E-state index < -0.39 is 5.97 Å². The van der Waals surface area contributed by atoms with Crippen LogP contribution >= 0.6 is 0 Å². The minimum Gasteiger partial charge on any atom is -0.480 e. The van der Waals surface area contributed by atoms with Gasteiger partial charge in [-0.25, -0.2) is 0 Å². The average molecular weight is 256 g/mol. The predicted molar refractivity (Wildman–Crippen MR) is 64.8 cm³/mol. The van der Waals surface area contributed by atoms with Crippen molar-refractivity contribution in [1.82, 2.24) is 10.2 Å². The number of rotatable bonds is 5. The molecule has 1 aliphatic rings. The van der Waals surface area contributed by atoms with Gasteiger partial charge in [0.25, 0.3) is 0 Å². The maximum absolute atomic E-state index is 12.2. The molecule has 0 aromatic rings. The number of carboxylic acids is 1. The second-order valence-corrected chi connectivity index (χ2v) is 5.05. The van der Waals surface area contributed by atoms with Gasteiger partial charge in [-0.15, -0.1) is 0 Å². The quantitative estimate of drug-likeness (QED) is 0.729.